The highest BCUT2D eigenvalue weighted by molar-refractivity contribution is 5.86. The van der Waals surface area contributed by atoms with Gasteiger partial charge in [0.15, 0.2) is 0 Å². The van der Waals surface area contributed by atoms with Crippen LogP contribution in [-0.2, 0) is 6.42 Å². The van der Waals surface area contributed by atoms with Crippen LogP contribution in [0.1, 0.15) is 24.0 Å². The normalized spacial score (nSPS) is 16.0. The average Bonchev–Trinajstić information content (AvgIpc) is 2.99. The summed E-state index contributed by atoms with van der Waals surface area (Å²) in [6.45, 7) is 4.45. The van der Waals surface area contributed by atoms with Crippen LogP contribution in [0.25, 0.3) is 10.9 Å². The maximum atomic E-state index is 12.2. The summed E-state index contributed by atoms with van der Waals surface area (Å²) in [5.74, 6) is 0.355. The third kappa shape index (κ3) is 3.50. The Morgan fingerprint density at radius 2 is 2.17 bits per heavy atom. The van der Waals surface area contributed by atoms with Crippen molar-refractivity contribution in [3.05, 3.63) is 35.5 Å². The topological polar surface area (TPSA) is 68.4 Å². The zero-order chi connectivity index (χ0) is 16.2. The van der Waals surface area contributed by atoms with Gasteiger partial charge in [0.1, 0.15) is 0 Å². The molecule has 0 radical (unpaired) electrons. The van der Waals surface area contributed by atoms with Gasteiger partial charge in [-0.25, -0.2) is 4.79 Å². The smallest absolute Gasteiger partial charge is 0.317 e. The van der Waals surface area contributed by atoms with E-state index in [1.165, 1.54) is 22.0 Å². The molecule has 0 unspecified atom stereocenters. The van der Waals surface area contributed by atoms with Crippen LogP contribution in [0.3, 0.4) is 0 Å². The summed E-state index contributed by atoms with van der Waals surface area (Å²) in [6, 6.07) is 6.30. The van der Waals surface area contributed by atoms with E-state index >= 15 is 0 Å². The molecule has 2 aromatic rings. The zero-order valence-corrected chi connectivity index (χ0v) is 13.6. The summed E-state index contributed by atoms with van der Waals surface area (Å²) in [6.07, 6.45) is 4.65. The highest BCUT2D eigenvalue weighted by atomic mass is 16.3. The number of aromatic amines is 1. The minimum Gasteiger partial charge on any atom is -0.396 e. The van der Waals surface area contributed by atoms with Crippen LogP contribution in [0, 0.1) is 12.8 Å². The van der Waals surface area contributed by atoms with Crippen LogP contribution in [-0.4, -0.2) is 47.3 Å². The summed E-state index contributed by atoms with van der Waals surface area (Å²) < 4.78 is 0. The predicted molar refractivity (Wildman–Crippen MR) is 91.5 cm³/mol. The number of urea groups is 1. The van der Waals surface area contributed by atoms with Crippen molar-refractivity contribution in [1.29, 1.82) is 0 Å². The number of aliphatic hydroxyl groups excluding tert-OH is 1. The SMILES string of the molecule is Cc1cccc2c(CCNC(=O)N3CCC(CO)CC3)c[nH]c12. The molecule has 1 aliphatic heterocycles. The second-order valence-electron chi connectivity index (χ2n) is 6.41. The molecule has 1 saturated heterocycles. The van der Waals surface area contributed by atoms with E-state index in [1.807, 2.05) is 11.1 Å². The molecule has 5 nitrogen and oxygen atoms in total. The lowest BCUT2D eigenvalue weighted by Crippen LogP contribution is -2.45. The number of hydrogen-bond acceptors (Lipinski definition) is 2. The van der Waals surface area contributed by atoms with Crippen molar-refractivity contribution in [2.75, 3.05) is 26.2 Å². The Morgan fingerprint density at radius 3 is 2.91 bits per heavy atom. The standard InChI is InChI=1S/C18H25N3O2/c1-13-3-2-4-16-15(11-20-17(13)16)5-8-19-18(23)21-9-6-14(12-22)7-10-21/h2-4,11,14,20,22H,5-10,12H2,1H3,(H,19,23). The van der Waals surface area contributed by atoms with Crippen LogP contribution < -0.4 is 5.32 Å². The lowest BCUT2D eigenvalue weighted by atomic mass is 9.98. The van der Waals surface area contributed by atoms with Crippen molar-refractivity contribution in [2.24, 2.45) is 5.92 Å². The first kappa shape index (κ1) is 15.9. The highest BCUT2D eigenvalue weighted by Crippen LogP contribution is 2.21. The maximum Gasteiger partial charge on any atom is 0.317 e. The van der Waals surface area contributed by atoms with Crippen LogP contribution in [0.2, 0.25) is 0 Å². The first-order valence-corrected chi connectivity index (χ1v) is 8.38. The van der Waals surface area contributed by atoms with Crippen molar-refractivity contribution in [3.63, 3.8) is 0 Å². The number of aliphatic hydroxyl groups is 1. The van der Waals surface area contributed by atoms with E-state index in [4.69, 9.17) is 5.11 Å². The van der Waals surface area contributed by atoms with Gasteiger partial charge in [0, 0.05) is 43.3 Å². The number of piperidine rings is 1. The molecule has 23 heavy (non-hydrogen) atoms. The molecule has 0 bridgehead atoms. The number of benzene rings is 1. The van der Waals surface area contributed by atoms with E-state index < -0.39 is 0 Å². The quantitative estimate of drug-likeness (QED) is 0.811. The molecule has 2 heterocycles. The molecule has 5 heteroatoms. The average molecular weight is 315 g/mol. The van der Waals surface area contributed by atoms with E-state index in [9.17, 15) is 4.79 Å². The zero-order valence-electron chi connectivity index (χ0n) is 13.6. The fraction of sp³-hybridized carbons (Fsp3) is 0.500. The first-order chi connectivity index (χ1) is 11.2. The Balaban J connectivity index is 1.51. The molecule has 124 valence electrons. The van der Waals surface area contributed by atoms with Gasteiger partial charge in [-0.1, -0.05) is 18.2 Å². The lowest BCUT2D eigenvalue weighted by Gasteiger charge is -2.31. The van der Waals surface area contributed by atoms with E-state index in [1.54, 1.807) is 0 Å². The number of nitrogens with one attached hydrogen (secondary N) is 2. The number of aryl methyl sites for hydroxylation is 1. The van der Waals surface area contributed by atoms with Gasteiger partial charge in [0.2, 0.25) is 0 Å². The first-order valence-electron chi connectivity index (χ1n) is 8.38. The van der Waals surface area contributed by atoms with Crippen LogP contribution in [0.5, 0.6) is 0 Å². The van der Waals surface area contributed by atoms with Gasteiger partial charge < -0.3 is 20.3 Å². The molecule has 0 saturated carbocycles. The largest absolute Gasteiger partial charge is 0.396 e. The van der Waals surface area contributed by atoms with Gasteiger partial charge in [-0.3, -0.25) is 0 Å². The lowest BCUT2D eigenvalue weighted by molar-refractivity contribution is 0.137. The highest BCUT2D eigenvalue weighted by Gasteiger charge is 2.21. The van der Waals surface area contributed by atoms with Crippen molar-refractivity contribution in [1.82, 2.24) is 15.2 Å². The van der Waals surface area contributed by atoms with Gasteiger partial charge in [-0.05, 0) is 43.2 Å². The summed E-state index contributed by atoms with van der Waals surface area (Å²) >= 11 is 0. The third-order valence-corrected chi connectivity index (χ3v) is 4.84. The molecule has 0 atom stereocenters. The van der Waals surface area contributed by atoms with Crippen LogP contribution >= 0.6 is 0 Å². The van der Waals surface area contributed by atoms with E-state index in [0.29, 0.717) is 12.5 Å². The molecule has 1 aromatic carbocycles. The Labute approximate surface area is 136 Å². The van der Waals surface area contributed by atoms with Crippen molar-refractivity contribution in [2.45, 2.75) is 26.2 Å². The van der Waals surface area contributed by atoms with Gasteiger partial charge >= 0.3 is 6.03 Å². The molecule has 1 aliphatic rings. The molecule has 2 amide bonds. The fourth-order valence-electron chi connectivity index (χ4n) is 3.31. The van der Waals surface area contributed by atoms with Crippen molar-refractivity contribution in [3.8, 4) is 0 Å². The fourth-order valence-corrected chi connectivity index (χ4v) is 3.31. The number of H-pyrrole nitrogens is 1. The molecule has 3 N–H and O–H groups in total. The molecular weight excluding hydrogens is 290 g/mol. The second kappa shape index (κ2) is 7.04. The van der Waals surface area contributed by atoms with E-state index in [-0.39, 0.29) is 12.6 Å². The summed E-state index contributed by atoms with van der Waals surface area (Å²) in [7, 11) is 0. The summed E-state index contributed by atoms with van der Waals surface area (Å²) in [5.41, 5.74) is 3.66. The van der Waals surface area contributed by atoms with Crippen molar-refractivity contribution >= 4 is 16.9 Å². The van der Waals surface area contributed by atoms with Gasteiger partial charge in [0.25, 0.3) is 0 Å². The summed E-state index contributed by atoms with van der Waals surface area (Å²) in [4.78, 5) is 17.4. The van der Waals surface area contributed by atoms with Gasteiger partial charge in [-0.2, -0.15) is 0 Å². The number of likely N-dealkylation sites (tertiary alicyclic amines) is 1. The number of amides is 2. The Hall–Kier alpha value is -2.01. The predicted octanol–water partition coefficient (Wildman–Crippen LogP) is 2.43. The number of aromatic nitrogens is 1. The van der Waals surface area contributed by atoms with E-state index in [2.05, 4.69) is 35.4 Å². The number of rotatable bonds is 4. The Kier molecular flexibility index (Phi) is 4.86. The molecule has 0 aliphatic carbocycles. The van der Waals surface area contributed by atoms with Crippen molar-refractivity contribution < 1.29 is 9.90 Å². The number of para-hydroxylation sites is 1. The minimum absolute atomic E-state index is 0.0115. The van der Waals surface area contributed by atoms with Gasteiger partial charge in [-0.15, -0.1) is 0 Å². The minimum atomic E-state index is 0.0115. The van der Waals surface area contributed by atoms with Crippen LogP contribution in [0.4, 0.5) is 4.79 Å². The Bertz CT molecular complexity index is 672. The number of carbonyl (C=O) groups excluding carboxylic acids is 1. The number of nitrogens with zero attached hydrogens (tertiary/aromatic N) is 1. The maximum absolute atomic E-state index is 12.2. The molecular formula is C18H25N3O2. The number of fused-ring (bicyclic) bond motifs is 1. The Morgan fingerprint density at radius 1 is 1.39 bits per heavy atom. The van der Waals surface area contributed by atoms with Gasteiger partial charge in [0.05, 0.1) is 0 Å². The molecule has 3 rings (SSSR count). The third-order valence-electron chi connectivity index (χ3n) is 4.84. The molecule has 1 aromatic heterocycles. The molecule has 0 spiro atoms. The molecule has 1 fully saturated rings. The van der Waals surface area contributed by atoms with Crippen LogP contribution in [0.15, 0.2) is 24.4 Å². The number of carbonyl (C=O) groups is 1. The number of hydrogen-bond donors (Lipinski definition) is 3. The summed E-state index contributed by atoms with van der Waals surface area (Å²) in [5, 5.41) is 13.4. The second-order valence-corrected chi connectivity index (χ2v) is 6.41. The monoisotopic (exact) mass is 315 g/mol. The van der Waals surface area contributed by atoms with E-state index in [0.717, 1.165) is 32.4 Å².